The standard InChI is InChI=1S/C29H23F4N7O/c1-17-16-39(27-20(15-34)28(41)38(3)22-11-12-24(35-2)37-25(22)27)13-14-40(17)26(18-7-9-19(30)10-8-18)21-5-4-6-23(36-21)29(31,32)33/h4-12,17,26H,13-14,16H2,1,3H3/t17-,26?/m1/s1. The molecule has 41 heavy (non-hydrogen) atoms. The first kappa shape index (κ1) is 27.7. The highest BCUT2D eigenvalue weighted by Crippen LogP contribution is 2.36. The van der Waals surface area contributed by atoms with Crippen LogP contribution in [-0.2, 0) is 13.2 Å². The van der Waals surface area contributed by atoms with E-state index in [9.17, 15) is 27.6 Å². The highest BCUT2D eigenvalue weighted by atomic mass is 19.4. The number of halogens is 4. The van der Waals surface area contributed by atoms with Crippen LogP contribution in [0.4, 0.5) is 29.1 Å². The predicted octanol–water partition coefficient (Wildman–Crippen LogP) is 5.21. The number of fused-ring (bicyclic) bond motifs is 1. The molecule has 1 aliphatic rings. The monoisotopic (exact) mass is 561 g/mol. The number of anilines is 1. The number of nitrogens with zero attached hydrogens (tertiary/aromatic N) is 7. The Labute approximate surface area is 232 Å². The van der Waals surface area contributed by atoms with E-state index in [4.69, 9.17) is 6.57 Å². The number of aromatic nitrogens is 3. The maximum atomic E-state index is 13.8. The lowest BCUT2D eigenvalue weighted by Gasteiger charge is -2.44. The minimum Gasteiger partial charge on any atom is -0.364 e. The number of nitriles is 1. The molecule has 1 aromatic carbocycles. The summed E-state index contributed by atoms with van der Waals surface area (Å²) in [6.07, 6.45) is -4.64. The topological polar surface area (TPSA) is 82.4 Å². The first-order valence-electron chi connectivity index (χ1n) is 12.6. The molecule has 4 aromatic rings. The van der Waals surface area contributed by atoms with E-state index in [2.05, 4.69) is 14.8 Å². The Morgan fingerprint density at radius 1 is 1.10 bits per heavy atom. The third-order valence-corrected chi connectivity index (χ3v) is 7.28. The molecule has 8 nitrogen and oxygen atoms in total. The van der Waals surface area contributed by atoms with Gasteiger partial charge in [0.25, 0.3) is 11.4 Å². The first-order chi connectivity index (χ1) is 19.5. The molecule has 0 saturated carbocycles. The summed E-state index contributed by atoms with van der Waals surface area (Å²) in [6.45, 7) is 10.1. The summed E-state index contributed by atoms with van der Waals surface area (Å²) < 4.78 is 55.7. The van der Waals surface area contributed by atoms with E-state index in [1.807, 2.05) is 22.8 Å². The molecular weight excluding hydrogens is 538 g/mol. The second kappa shape index (κ2) is 10.6. The van der Waals surface area contributed by atoms with E-state index in [0.29, 0.717) is 35.4 Å². The fourth-order valence-electron chi connectivity index (χ4n) is 5.35. The summed E-state index contributed by atoms with van der Waals surface area (Å²) in [5.74, 6) is -0.366. The van der Waals surface area contributed by atoms with Crippen LogP contribution in [-0.4, -0.2) is 45.1 Å². The van der Waals surface area contributed by atoms with Gasteiger partial charge in [0.2, 0.25) is 5.52 Å². The normalized spacial score (nSPS) is 16.8. The number of hydrogen-bond donors (Lipinski definition) is 0. The smallest absolute Gasteiger partial charge is 0.364 e. The summed E-state index contributed by atoms with van der Waals surface area (Å²) >= 11 is 0. The van der Waals surface area contributed by atoms with Gasteiger partial charge in [0, 0.05) is 32.7 Å². The largest absolute Gasteiger partial charge is 0.433 e. The molecule has 3 aromatic heterocycles. The van der Waals surface area contributed by atoms with Crippen molar-refractivity contribution in [2.24, 2.45) is 7.05 Å². The Balaban J connectivity index is 1.58. The van der Waals surface area contributed by atoms with Gasteiger partial charge in [0.1, 0.15) is 28.8 Å². The molecule has 0 radical (unpaired) electrons. The predicted molar refractivity (Wildman–Crippen MR) is 144 cm³/mol. The summed E-state index contributed by atoms with van der Waals surface area (Å²) in [5, 5.41) is 9.94. The molecule has 1 saturated heterocycles. The third-order valence-electron chi connectivity index (χ3n) is 7.28. The van der Waals surface area contributed by atoms with Gasteiger partial charge in [0.05, 0.1) is 17.3 Å². The van der Waals surface area contributed by atoms with Gasteiger partial charge in [0.15, 0.2) is 0 Å². The number of alkyl halides is 3. The zero-order chi connectivity index (χ0) is 29.5. The van der Waals surface area contributed by atoms with E-state index in [1.165, 1.54) is 54.1 Å². The van der Waals surface area contributed by atoms with Crippen LogP contribution in [0.3, 0.4) is 0 Å². The molecule has 1 unspecified atom stereocenters. The Morgan fingerprint density at radius 3 is 2.46 bits per heavy atom. The van der Waals surface area contributed by atoms with Crippen LogP contribution in [0.25, 0.3) is 15.9 Å². The molecule has 0 spiro atoms. The van der Waals surface area contributed by atoms with Crippen LogP contribution in [0.2, 0.25) is 0 Å². The van der Waals surface area contributed by atoms with Crippen molar-refractivity contribution in [2.45, 2.75) is 25.2 Å². The zero-order valence-electron chi connectivity index (χ0n) is 22.0. The summed E-state index contributed by atoms with van der Waals surface area (Å²) in [5.41, 5.74) is 0.213. The number of pyridine rings is 3. The van der Waals surface area contributed by atoms with E-state index >= 15 is 0 Å². The van der Waals surface area contributed by atoms with Gasteiger partial charge in [-0.2, -0.15) is 18.4 Å². The first-order valence-corrected chi connectivity index (χ1v) is 12.6. The maximum absolute atomic E-state index is 13.8. The Morgan fingerprint density at radius 2 is 1.83 bits per heavy atom. The van der Waals surface area contributed by atoms with Crippen LogP contribution in [0.5, 0.6) is 0 Å². The van der Waals surface area contributed by atoms with Crippen LogP contribution in [0.15, 0.2) is 59.4 Å². The van der Waals surface area contributed by atoms with E-state index < -0.39 is 29.3 Å². The highest BCUT2D eigenvalue weighted by Gasteiger charge is 2.37. The second-order valence-corrected chi connectivity index (χ2v) is 9.78. The van der Waals surface area contributed by atoms with Crippen LogP contribution in [0, 0.1) is 23.7 Å². The van der Waals surface area contributed by atoms with Gasteiger partial charge in [-0.25, -0.2) is 9.37 Å². The van der Waals surface area contributed by atoms with Gasteiger partial charge >= 0.3 is 6.18 Å². The average molecular weight is 562 g/mol. The molecule has 2 atom stereocenters. The van der Waals surface area contributed by atoms with Crippen molar-refractivity contribution in [1.82, 2.24) is 19.4 Å². The molecule has 208 valence electrons. The van der Waals surface area contributed by atoms with Crippen LogP contribution >= 0.6 is 0 Å². The summed E-state index contributed by atoms with van der Waals surface area (Å²) in [7, 11) is 1.53. The molecule has 4 heterocycles. The van der Waals surface area contributed by atoms with Gasteiger partial charge in [-0.05, 0) is 48.9 Å². The number of piperazine rings is 1. The van der Waals surface area contributed by atoms with Crippen molar-refractivity contribution in [2.75, 3.05) is 24.5 Å². The van der Waals surface area contributed by atoms with E-state index in [0.717, 1.165) is 6.07 Å². The Kier molecular flexibility index (Phi) is 7.20. The molecule has 5 rings (SSSR count). The minimum absolute atomic E-state index is 0.107. The molecular formula is C29H23F4N7O. The van der Waals surface area contributed by atoms with Crippen molar-refractivity contribution in [3.8, 4) is 6.07 Å². The van der Waals surface area contributed by atoms with Crippen LogP contribution in [0.1, 0.15) is 35.5 Å². The van der Waals surface area contributed by atoms with Gasteiger partial charge < -0.3 is 14.3 Å². The van der Waals surface area contributed by atoms with Crippen molar-refractivity contribution in [3.63, 3.8) is 0 Å². The highest BCUT2D eigenvalue weighted by molar-refractivity contribution is 5.92. The molecule has 0 bridgehead atoms. The number of aryl methyl sites for hydroxylation is 1. The van der Waals surface area contributed by atoms with Gasteiger partial charge in [-0.1, -0.05) is 24.8 Å². The molecule has 1 fully saturated rings. The molecule has 1 aliphatic heterocycles. The fraction of sp³-hybridized carbons (Fsp3) is 0.276. The van der Waals surface area contributed by atoms with Gasteiger partial charge in [-0.15, -0.1) is 4.98 Å². The average Bonchev–Trinajstić information content (AvgIpc) is 2.96. The number of benzene rings is 1. The van der Waals surface area contributed by atoms with E-state index in [-0.39, 0.29) is 29.7 Å². The maximum Gasteiger partial charge on any atom is 0.433 e. The number of hydrogen-bond acceptors (Lipinski definition) is 6. The molecule has 0 amide bonds. The van der Waals surface area contributed by atoms with Crippen molar-refractivity contribution < 1.29 is 17.6 Å². The Bertz CT molecular complexity index is 1770. The SMILES string of the molecule is [C-]#[N+]c1ccc2c(n1)c(N1CCN(C(c3ccc(F)cc3)c3cccc(C(F)(F)F)n3)[C@H](C)C1)c(C#N)c(=O)n2C. The van der Waals surface area contributed by atoms with Crippen molar-refractivity contribution >= 4 is 22.5 Å². The zero-order valence-corrected chi connectivity index (χ0v) is 22.0. The quantitative estimate of drug-likeness (QED) is 0.251. The molecule has 0 aliphatic carbocycles. The molecule has 0 N–H and O–H groups in total. The van der Waals surface area contributed by atoms with Crippen molar-refractivity contribution in [1.29, 1.82) is 5.26 Å². The lowest BCUT2D eigenvalue weighted by molar-refractivity contribution is -0.141. The number of rotatable bonds is 4. The third kappa shape index (κ3) is 5.10. The van der Waals surface area contributed by atoms with Crippen molar-refractivity contribution in [3.05, 3.63) is 105 Å². The lowest BCUT2D eigenvalue weighted by Crippen LogP contribution is -2.54. The minimum atomic E-state index is -4.64. The molecule has 12 heteroatoms. The second-order valence-electron chi connectivity index (χ2n) is 9.78. The van der Waals surface area contributed by atoms with E-state index in [1.54, 1.807) is 6.07 Å². The Hall–Kier alpha value is -4.81. The van der Waals surface area contributed by atoms with Crippen LogP contribution < -0.4 is 10.5 Å². The van der Waals surface area contributed by atoms with Gasteiger partial charge in [-0.3, -0.25) is 9.69 Å². The fourth-order valence-corrected chi connectivity index (χ4v) is 5.35. The summed E-state index contributed by atoms with van der Waals surface area (Å²) in [6, 6.07) is 13.4. The lowest BCUT2D eigenvalue weighted by atomic mass is 9.97. The summed E-state index contributed by atoms with van der Waals surface area (Å²) in [4.78, 5) is 28.7.